The second-order valence-corrected chi connectivity index (χ2v) is 7.02. The number of amides is 1. The van der Waals surface area contributed by atoms with Crippen LogP contribution < -0.4 is 10.1 Å². The molecule has 1 heterocycles. The van der Waals surface area contributed by atoms with E-state index >= 15 is 0 Å². The molecule has 1 amide bonds. The van der Waals surface area contributed by atoms with Gasteiger partial charge in [0, 0.05) is 17.8 Å². The second kappa shape index (κ2) is 8.53. The number of methoxy groups -OCH3 is 1. The van der Waals surface area contributed by atoms with Crippen LogP contribution in [0.25, 0.3) is 5.69 Å². The largest absolute Gasteiger partial charge is 0.495 e. The summed E-state index contributed by atoms with van der Waals surface area (Å²) in [5, 5.41) is 21.6. The first kappa shape index (κ1) is 19.4. The molecule has 1 atom stereocenters. The van der Waals surface area contributed by atoms with E-state index in [9.17, 15) is 14.9 Å². The van der Waals surface area contributed by atoms with E-state index in [1.807, 2.05) is 24.3 Å². The van der Waals surface area contributed by atoms with E-state index in [-0.39, 0.29) is 11.6 Å². The lowest BCUT2D eigenvalue weighted by atomic mass is 10.2. The summed E-state index contributed by atoms with van der Waals surface area (Å²) in [4.78, 5) is 22.9. The molecule has 0 saturated heterocycles. The summed E-state index contributed by atoms with van der Waals surface area (Å²) < 4.78 is 7.10. The highest BCUT2D eigenvalue weighted by atomic mass is 32.2. The van der Waals surface area contributed by atoms with Gasteiger partial charge in [0.25, 0.3) is 5.69 Å². The highest BCUT2D eigenvalue weighted by Crippen LogP contribution is 2.29. The number of anilines is 1. The van der Waals surface area contributed by atoms with Crippen molar-refractivity contribution in [2.45, 2.75) is 17.3 Å². The summed E-state index contributed by atoms with van der Waals surface area (Å²) in [6.45, 7) is 1.72. The van der Waals surface area contributed by atoms with Crippen LogP contribution in [0.5, 0.6) is 5.75 Å². The van der Waals surface area contributed by atoms with E-state index in [0.29, 0.717) is 16.6 Å². The van der Waals surface area contributed by atoms with Crippen molar-refractivity contribution in [2.24, 2.45) is 0 Å². The van der Waals surface area contributed by atoms with Crippen molar-refractivity contribution < 1.29 is 14.5 Å². The first-order valence-corrected chi connectivity index (χ1v) is 9.13. The average Bonchev–Trinajstić information content (AvgIpc) is 3.15. The summed E-state index contributed by atoms with van der Waals surface area (Å²) in [6, 6.07) is 13.2. The first-order valence-electron chi connectivity index (χ1n) is 8.25. The number of hydrogen-bond acceptors (Lipinski definition) is 7. The summed E-state index contributed by atoms with van der Waals surface area (Å²) in [5.74, 6) is 0.345. The van der Waals surface area contributed by atoms with E-state index in [1.54, 1.807) is 31.0 Å². The number of nitrogens with zero attached hydrogens (tertiary/aromatic N) is 4. The molecule has 144 valence electrons. The Kier molecular flexibility index (Phi) is 5.90. The second-order valence-electron chi connectivity index (χ2n) is 5.71. The van der Waals surface area contributed by atoms with Crippen molar-refractivity contribution in [1.82, 2.24) is 14.8 Å². The minimum Gasteiger partial charge on any atom is -0.495 e. The maximum atomic E-state index is 12.5. The fraction of sp³-hybridized carbons (Fsp3) is 0.167. The van der Waals surface area contributed by atoms with Crippen LogP contribution in [-0.4, -0.2) is 38.0 Å². The number of aromatic nitrogens is 3. The molecule has 0 aliphatic heterocycles. The summed E-state index contributed by atoms with van der Waals surface area (Å²) >= 11 is 1.22. The lowest BCUT2D eigenvalue weighted by molar-refractivity contribution is -0.384. The number of nitro benzene ring substituents is 1. The molecule has 0 bridgehead atoms. The maximum absolute atomic E-state index is 12.5. The van der Waals surface area contributed by atoms with Gasteiger partial charge >= 0.3 is 0 Å². The first-order chi connectivity index (χ1) is 13.5. The number of carbonyl (C=O) groups excluding carboxylic acids is 1. The number of benzene rings is 2. The Morgan fingerprint density at radius 1 is 1.29 bits per heavy atom. The predicted octanol–water partition coefficient (Wildman–Crippen LogP) is 3.30. The quantitative estimate of drug-likeness (QED) is 0.368. The number of non-ortho nitro benzene ring substituents is 1. The van der Waals surface area contributed by atoms with Crippen LogP contribution in [0.2, 0.25) is 0 Å². The van der Waals surface area contributed by atoms with Gasteiger partial charge in [-0.1, -0.05) is 30.0 Å². The minimum atomic E-state index is -0.517. The van der Waals surface area contributed by atoms with Gasteiger partial charge in [0.05, 0.1) is 23.0 Å². The Labute approximate surface area is 164 Å². The van der Waals surface area contributed by atoms with Crippen LogP contribution in [0.3, 0.4) is 0 Å². The number of para-hydroxylation sites is 2. The molecule has 2 aromatic carbocycles. The van der Waals surface area contributed by atoms with Crippen LogP contribution >= 0.6 is 11.8 Å². The zero-order valence-corrected chi connectivity index (χ0v) is 15.9. The Bertz CT molecular complexity index is 1010. The van der Waals surface area contributed by atoms with Crippen molar-refractivity contribution in [3.8, 4) is 11.4 Å². The van der Waals surface area contributed by atoms with E-state index in [2.05, 4.69) is 15.5 Å². The van der Waals surface area contributed by atoms with Crippen LogP contribution in [0.4, 0.5) is 11.4 Å². The Hall–Kier alpha value is -3.40. The highest BCUT2D eigenvalue weighted by Gasteiger charge is 2.20. The van der Waals surface area contributed by atoms with Gasteiger partial charge in [-0.15, -0.1) is 10.2 Å². The monoisotopic (exact) mass is 399 g/mol. The molecule has 0 aliphatic carbocycles. The van der Waals surface area contributed by atoms with Gasteiger partial charge in [0.15, 0.2) is 5.16 Å². The Morgan fingerprint density at radius 2 is 2.07 bits per heavy atom. The molecule has 0 unspecified atom stereocenters. The van der Waals surface area contributed by atoms with Crippen LogP contribution in [-0.2, 0) is 4.79 Å². The van der Waals surface area contributed by atoms with Gasteiger partial charge in [0.2, 0.25) is 5.91 Å². The topological polar surface area (TPSA) is 112 Å². The van der Waals surface area contributed by atoms with Crippen LogP contribution in [0, 0.1) is 10.1 Å². The molecule has 1 aromatic heterocycles. The van der Waals surface area contributed by atoms with E-state index in [0.717, 1.165) is 5.69 Å². The predicted molar refractivity (Wildman–Crippen MR) is 105 cm³/mol. The standard InChI is InChI=1S/C18H17N5O4S/c1-12(17(24)20-13-6-5-7-14(10-13)23(25)26)28-18-21-19-11-22(18)15-8-3-4-9-16(15)27-2/h3-12H,1-2H3,(H,20,24)/t12-/m1/s1. The molecule has 0 radical (unpaired) electrons. The van der Waals surface area contributed by atoms with Crippen LogP contribution in [0.1, 0.15) is 6.92 Å². The highest BCUT2D eigenvalue weighted by molar-refractivity contribution is 8.00. The molecule has 10 heteroatoms. The molecule has 0 aliphatic rings. The fourth-order valence-corrected chi connectivity index (χ4v) is 3.29. The number of carbonyl (C=O) groups is 1. The smallest absolute Gasteiger partial charge is 0.271 e. The van der Waals surface area contributed by atoms with Gasteiger partial charge in [-0.2, -0.15) is 0 Å². The summed E-state index contributed by atoms with van der Waals surface area (Å²) in [6.07, 6.45) is 1.55. The Morgan fingerprint density at radius 3 is 2.82 bits per heavy atom. The number of nitrogens with one attached hydrogen (secondary N) is 1. The molecule has 0 fully saturated rings. The van der Waals surface area contributed by atoms with Gasteiger partial charge in [-0.25, -0.2) is 0 Å². The Balaban J connectivity index is 1.74. The number of nitro groups is 1. The summed E-state index contributed by atoms with van der Waals surface area (Å²) in [7, 11) is 1.57. The molecule has 0 saturated carbocycles. The molecular formula is C18H17N5O4S. The lowest BCUT2D eigenvalue weighted by Gasteiger charge is -2.14. The normalized spacial score (nSPS) is 11.6. The summed E-state index contributed by atoms with van der Waals surface area (Å²) in [5.41, 5.74) is 1.02. The minimum absolute atomic E-state index is 0.0889. The number of ether oxygens (including phenoxy) is 1. The number of rotatable bonds is 7. The van der Waals surface area contributed by atoms with E-state index in [4.69, 9.17) is 4.74 Å². The van der Waals surface area contributed by atoms with Crippen LogP contribution in [0.15, 0.2) is 60.0 Å². The zero-order valence-electron chi connectivity index (χ0n) is 15.1. The number of hydrogen-bond donors (Lipinski definition) is 1. The van der Waals surface area contributed by atoms with Gasteiger partial charge in [-0.05, 0) is 25.1 Å². The van der Waals surface area contributed by atoms with Gasteiger partial charge < -0.3 is 10.1 Å². The third kappa shape index (κ3) is 4.29. The molecule has 3 rings (SSSR count). The lowest BCUT2D eigenvalue weighted by Crippen LogP contribution is -2.22. The molecule has 0 spiro atoms. The molecule has 3 aromatic rings. The van der Waals surface area contributed by atoms with Crippen molar-refractivity contribution in [2.75, 3.05) is 12.4 Å². The third-order valence-electron chi connectivity index (χ3n) is 3.84. The van der Waals surface area contributed by atoms with E-state index < -0.39 is 10.2 Å². The fourth-order valence-electron chi connectivity index (χ4n) is 2.45. The SMILES string of the molecule is COc1ccccc1-n1cnnc1S[C@H](C)C(=O)Nc1cccc([N+](=O)[O-])c1. The number of thioether (sulfide) groups is 1. The molecule has 28 heavy (non-hydrogen) atoms. The van der Waals surface area contributed by atoms with Crippen molar-refractivity contribution in [3.63, 3.8) is 0 Å². The van der Waals surface area contributed by atoms with Crippen molar-refractivity contribution in [3.05, 3.63) is 65.0 Å². The maximum Gasteiger partial charge on any atom is 0.271 e. The average molecular weight is 399 g/mol. The molecule has 1 N–H and O–H groups in total. The third-order valence-corrected chi connectivity index (χ3v) is 4.89. The molecule has 9 nitrogen and oxygen atoms in total. The zero-order chi connectivity index (χ0) is 20.1. The van der Waals surface area contributed by atoms with Crippen molar-refractivity contribution >= 4 is 29.0 Å². The van der Waals surface area contributed by atoms with Crippen molar-refractivity contribution in [1.29, 1.82) is 0 Å². The molecular weight excluding hydrogens is 382 g/mol. The van der Waals surface area contributed by atoms with Gasteiger partial charge in [-0.3, -0.25) is 19.5 Å². The van der Waals surface area contributed by atoms with Gasteiger partial charge in [0.1, 0.15) is 12.1 Å². The van der Waals surface area contributed by atoms with E-state index in [1.165, 1.54) is 30.0 Å².